The maximum atomic E-state index is 12.5. The molecule has 0 spiro atoms. The van der Waals surface area contributed by atoms with Gasteiger partial charge in [0.05, 0.1) is 12.7 Å². The first-order valence-electron chi connectivity index (χ1n) is 8.84. The van der Waals surface area contributed by atoms with E-state index in [-0.39, 0.29) is 23.0 Å². The third-order valence-corrected chi connectivity index (χ3v) is 8.47. The van der Waals surface area contributed by atoms with Crippen molar-refractivity contribution in [1.29, 1.82) is 0 Å². The van der Waals surface area contributed by atoms with E-state index in [1.165, 1.54) is 22.7 Å². The van der Waals surface area contributed by atoms with Crippen molar-refractivity contribution in [2.24, 2.45) is 0 Å². The van der Waals surface area contributed by atoms with Crippen LogP contribution in [-0.4, -0.2) is 71.3 Å². The molecule has 3 unspecified atom stereocenters. The van der Waals surface area contributed by atoms with Gasteiger partial charge in [0, 0.05) is 16.6 Å². The number of amides is 2. The molecule has 3 N–H and O–H groups in total. The lowest BCUT2D eigenvalue weighted by Crippen LogP contribution is -2.70. The smallest absolute Gasteiger partial charge is 0.352 e. The van der Waals surface area contributed by atoms with Crippen LogP contribution >= 0.6 is 11.8 Å². The SMILES string of the molecule is C=CC1=C(C(=O)O)N2C(=O)C(NC(=O)CC3=CC(NS(C)(=O)=O)[S+](C)C=C3)[C@H]2SC1. The molecule has 3 aliphatic heterocycles. The summed E-state index contributed by atoms with van der Waals surface area (Å²) in [7, 11) is -3.74. The topological polar surface area (TPSA) is 133 Å². The Bertz CT molecular complexity index is 1000. The highest BCUT2D eigenvalue weighted by atomic mass is 32.2. The minimum Gasteiger partial charge on any atom is -0.477 e. The zero-order valence-electron chi connectivity index (χ0n) is 16.3. The number of carbonyl (C=O) groups excluding carboxylic acids is 2. The number of sulfonamides is 1. The first-order chi connectivity index (χ1) is 14.0. The second kappa shape index (κ2) is 8.61. The summed E-state index contributed by atoms with van der Waals surface area (Å²) in [6.07, 6.45) is 7.85. The van der Waals surface area contributed by atoms with E-state index in [1.54, 1.807) is 12.2 Å². The first kappa shape index (κ1) is 22.7. The number of allylic oxidation sites excluding steroid dienone is 2. The van der Waals surface area contributed by atoms with Gasteiger partial charge >= 0.3 is 5.97 Å². The van der Waals surface area contributed by atoms with E-state index >= 15 is 0 Å². The number of carboxylic acid groups (broad SMARTS) is 1. The second-order valence-electron chi connectivity index (χ2n) is 6.98. The maximum absolute atomic E-state index is 12.5. The number of carbonyl (C=O) groups is 3. The number of aliphatic carboxylic acids is 1. The number of hydrogen-bond acceptors (Lipinski definition) is 6. The Kier molecular flexibility index (Phi) is 6.51. The van der Waals surface area contributed by atoms with Crippen molar-refractivity contribution >= 4 is 50.5 Å². The molecular formula is C18H22N3O6S3+. The molecule has 3 rings (SSSR count). The van der Waals surface area contributed by atoms with Gasteiger partial charge in [-0.1, -0.05) is 12.7 Å². The molecule has 4 atom stereocenters. The molecule has 30 heavy (non-hydrogen) atoms. The van der Waals surface area contributed by atoms with Gasteiger partial charge in [-0.15, -0.1) is 11.8 Å². The van der Waals surface area contributed by atoms with E-state index in [0.717, 1.165) is 6.26 Å². The maximum Gasteiger partial charge on any atom is 0.352 e. The average Bonchev–Trinajstić information content (AvgIpc) is 2.66. The number of β-lactam (4-membered cyclic amide) rings is 1. The highest BCUT2D eigenvalue weighted by molar-refractivity contribution is 8.00. The summed E-state index contributed by atoms with van der Waals surface area (Å²) < 4.78 is 25.6. The predicted molar refractivity (Wildman–Crippen MR) is 117 cm³/mol. The molecule has 1 saturated heterocycles. The van der Waals surface area contributed by atoms with Crippen LogP contribution in [0.3, 0.4) is 0 Å². The number of nitrogens with zero attached hydrogens (tertiary/aromatic N) is 1. The fourth-order valence-corrected chi connectivity index (χ4v) is 7.19. The van der Waals surface area contributed by atoms with Gasteiger partial charge in [0.1, 0.15) is 28.8 Å². The van der Waals surface area contributed by atoms with Crippen molar-refractivity contribution in [2.75, 3.05) is 18.3 Å². The van der Waals surface area contributed by atoms with Gasteiger partial charge in [0.25, 0.3) is 5.91 Å². The van der Waals surface area contributed by atoms with Crippen molar-refractivity contribution < 1.29 is 27.9 Å². The minimum absolute atomic E-state index is 0.0175. The first-order valence-corrected chi connectivity index (χ1v) is 13.5. The van der Waals surface area contributed by atoms with Crippen molar-refractivity contribution in [2.45, 2.75) is 23.2 Å². The van der Waals surface area contributed by atoms with E-state index in [1.807, 2.05) is 11.7 Å². The van der Waals surface area contributed by atoms with Crippen LogP contribution in [0.2, 0.25) is 0 Å². The summed E-state index contributed by atoms with van der Waals surface area (Å²) in [5, 5.41) is 13.0. The van der Waals surface area contributed by atoms with E-state index in [2.05, 4.69) is 16.6 Å². The molecule has 0 aliphatic carbocycles. The van der Waals surface area contributed by atoms with E-state index in [0.29, 0.717) is 16.9 Å². The number of fused-ring (bicyclic) bond motifs is 1. The van der Waals surface area contributed by atoms with Crippen LogP contribution in [0.25, 0.3) is 0 Å². The summed E-state index contributed by atoms with van der Waals surface area (Å²) in [5.74, 6) is -1.68. The summed E-state index contributed by atoms with van der Waals surface area (Å²) in [5.41, 5.74) is 1.02. The Labute approximate surface area is 181 Å². The quantitative estimate of drug-likeness (QED) is 0.347. The van der Waals surface area contributed by atoms with Crippen LogP contribution in [0, 0.1) is 0 Å². The Hall–Kier alpha value is -2.02. The predicted octanol–water partition coefficient (Wildman–Crippen LogP) is -0.122. The fraction of sp³-hybridized carbons (Fsp3) is 0.389. The average molecular weight is 473 g/mol. The largest absolute Gasteiger partial charge is 0.477 e. The van der Waals surface area contributed by atoms with Crippen LogP contribution < -0.4 is 10.0 Å². The monoisotopic (exact) mass is 472 g/mol. The minimum atomic E-state index is -3.40. The zero-order valence-corrected chi connectivity index (χ0v) is 18.8. The molecule has 3 aliphatic rings. The van der Waals surface area contributed by atoms with E-state index in [4.69, 9.17) is 0 Å². The highest BCUT2D eigenvalue weighted by Gasteiger charge is 2.53. The Balaban J connectivity index is 1.65. The van der Waals surface area contributed by atoms with Gasteiger partial charge in [-0.25, -0.2) is 13.2 Å². The van der Waals surface area contributed by atoms with Crippen molar-refractivity contribution in [3.8, 4) is 0 Å². The van der Waals surface area contributed by atoms with Gasteiger partial charge < -0.3 is 10.4 Å². The van der Waals surface area contributed by atoms with Crippen molar-refractivity contribution in [1.82, 2.24) is 14.9 Å². The molecule has 1 fully saturated rings. The van der Waals surface area contributed by atoms with Gasteiger partial charge in [-0.2, -0.15) is 4.72 Å². The van der Waals surface area contributed by atoms with Crippen LogP contribution in [0.5, 0.6) is 0 Å². The Morgan fingerprint density at radius 3 is 2.77 bits per heavy atom. The zero-order chi connectivity index (χ0) is 22.2. The Morgan fingerprint density at radius 1 is 1.47 bits per heavy atom. The molecule has 0 aromatic rings. The lowest BCUT2D eigenvalue weighted by molar-refractivity contribution is -0.150. The molecule has 0 radical (unpaired) electrons. The van der Waals surface area contributed by atoms with Crippen LogP contribution in [0.15, 0.2) is 47.1 Å². The van der Waals surface area contributed by atoms with Crippen LogP contribution in [-0.2, 0) is 35.3 Å². The molecule has 2 amide bonds. The number of nitrogens with one attached hydrogen (secondary N) is 2. The second-order valence-corrected chi connectivity index (χ2v) is 11.9. The van der Waals surface area contributed by atoms with Crippen molar-refractivity contribution in [3.63, 3.8) is 0 Å². The molecule has 0 bridgehead atoms. The third kappa shape index (κ3) is 4.66. The van der Waals surface area contributed by atoms with Crippen LogP contribution in [0.4, 0.5) is 0 Å². The number of carboxylic acids is 1. The molecule has 3 heterocycles. The summed E-state index contributed by atoms with van der Waals surface area (Å²) in [6, 6.07) is -0.804. The van der Waals surface area contributed by atoms with Gasteiger partial charge in [0.15, 0.2) is 0 Å². The molecule has 162 valence electrons. The number of thioether (sulfide) groups is 1. The molecule has 0 aromatic heterocycles. The lowest BCUT2D eigenvalue weighted by atomic mass is 10.0. The van der Waals surface area contributed by atoms with Gasteiger partial charge in [0.2, 0.25) is 21.3 Å². The van der Waals surface area contributed by atoms with E-state index in [9.17, 15) is 27.9 Å². The van der Waals surface area contributed by atoms with Gasteiger partial charge in [-0.3, -0.25) is 14.5 Å². The molecule has 9 nitrogen and oxygen atoms in total. The number of hydrogen-bond donors (Lipinski definition) is 3. The molecule has 0 aromatic carbocycles. The fourth-order valence-electron chi connectivity index (χ4n) is 3.28. The normalized spacial score (nSPS) is 28.4. The van der Waals surface area contributed by atoms with Gasteiger partial charge in [-0.05, 0) is 23.3 Å². The summed E-state index contributed by atoms with van der Waals surface area (Å²) >= 11 is 1.37. The summed E-state index contributed by atoms with van der Waals surface area (Å²) in [6.45, 7) is 3.59. The third-order valence-electron chi connectivity index (χ3n) is 4.72. The molecule has 12 heteroatoms. The Morgan fingerprint density at radius 2 is 2.17 bits per heavy atom. The molecular weight excluding hydrogens is 450 g/mol. The highest BCUT2D eigenvalue weighted by Crippen LogP contribution is 2.40. The van der Waals surface area contributed by atoms with Crippen molar-refractivity contribution in [3.05, 3.63) is 47.1 Å². The number of rotatable bonds is 7. The van der Waals surface area contributed by atoms with Crippen LogP contribution in [0.1, 0.15) is 6.42 Å². The lowest BCUT2D eigenvalue weighted by Gasteiger charge is -2.49. The standard InChI is InChI=1S/C18H21N3O6S3/c1-4-11-9-28-17-14(16(23)21(17)15(11)18(24)25)19-12(22)7-10-5-6-29(2)13(8-10)20-30(3,26)27/h4-6,8,13-14,17,20H,1,7,9H2,2-3H3,(H-,19,22,24,25)/p+1/t13?,14?,17-,29?/m1/s1. The molecule has 0 saturated carbocycles. The van der Waals surface area contributed by atoms with E-state index < -0.39 is 44.6 Å². The summed E-state index contributed by atoms with van der Waals surface area (Å²) in [4.78, 5) is 37.7.